The van der Waals surface area contributed by atoms with E-state index in [0.717, 1.165) is 18.7 Å². The molecule has 0 bridgehead atoms. The maximum Gasteiger partial charge on any atom is 0.328 e. The van der Waals surface area contributed by atoms with Crippen LogP contribution < -0.4 is 16.1 Å². The van der Waals surface area contributed by atoms with Crippen LogP contribution in [-0.2, 0) is 13.0 Å². The van der Waals surface area contributed by atoms with Crippen molar-refractivity contribution in [3.63, 3.8) is 0 Å². The van der Waals surface area contributed by atoms with Gasteiger partial charge in [-0.15, -0.1) is 0 Å². The Hall–Kier alpha value is -2.81. The summed E-state index contributed by atoms with van der Waals surface area (Å²) in [5.41, 5.74) is 1.20. The minimum absolute atomic E-state index is 0.0463. The summed E-state index contributed by atoms with van der Waals surface area (Å²) in [6, 6.07) is 10.2. The average Bonchev–Trinajstić information content (AvgIpc) is 2.62. The van der Waals surface area contributed by atoms with Gasteiger partial charge in [-0.05, 0) is 43.4 Å². The van der Waals surface area contributed by atoms with E-state index in [9.17, 15) is 9.59 Å². The van der Waals surface area contributed by atoms with E-state index in [2.05, 4.69) is 34.1 Å². The summed E-state index contributed by atoms with van der Waals surface area (Å²) in [5.74, 6) is 0. The molecule has 1 N–H and O–H groups in total. The minimum Gasteiger partial charge on any atom is -0.372 e. The molecule has 0 amide bonds. The molecule has 0 atom stereocenters. The van der Waals surface area contributed by atoms with Gasteiger partial charge in [-0.1, -0.05) is 12.1 Å². The molecule has 3 rings (SSSR count). The fourth-order valence-corrected chi connectivity index (χ4v) is 3.03. The number of nitriles is 1. The van der Waals surface area contributed by atoms with Crippen molar-refractivity contribution >= 4 is 5.69 Å². The van der Waals surface area contributed by atoms with Gasteiger partial charge in [0, 0.05) is 31.5 Å². The second kappa shape index (κ2) is 7.18. The third-order valence-electron chi connectivity index (χ3n) is 4.43. The molecule has 1 aliphatic heterocycles. The van der Waals surface area contributed by atoms with Crippen LogP contribution in [0, 0.1) is 11.3 Å². The molecule has 0 radical (unpaired) electrons. The predicted octanol–water partition coefficient (Wildman–Crippen LogP) is 1.64. The van der Waals surface area contributed by atoms with Crippen molar-refractivity contribution in [2.75, 3.05) is 18.0 Å². The van der Waals surface area contributed by atoms with E-state index in [4.69, 9.17) is 5.26 Å². The zero-order valence-corrected chi connectivity index (χ0v) is 13.5. The molecule has 1 aromatic heterocycles. The quantitative estimate of drug-likeness (QED) is 0.927. The van der Waals surface area contributed by atoms with Gasteiger partial charge in [-0.3, -0.25) is 14.3 Å². The van der Waals surface area contributed by atoms with Crippen LogP contribution in [0.3, 0.4) is 0 Å². The number of rotatable bonds is 4. The lowest BCUT2D eigenvalue weighted by Gasteiger charge is -2.28. The molecular formula is C18H20N4O2. The second-order valence-corrected chi connectivity index (χ2v) is 6.07. The standard InChI is InChI=1S/C18H20N4O2/c19-12-15-13-22(18(24)20-17(15)23)11-8-14-4-6-16(7-5-14)21-9-2-1-3-10-21/h4-7,13H,1-3,8-11H2,(H,20,23,24). The smallest absolute Gasteiger partial charge is 0.328 e. The van der Waals surface area contributed by atoms with Gasteiger partial charge in [0.25, 0.3) is 5.56 Å². The van der Waals surface area contributed by atoms with E-state index >= 15 is 0 Å². The number of anilines is 1. The average molecular weight is 324 g/mol. The van der Waals surface area contributed by atoms with Gasteiger partial charge in [0.15, 0.2) is 0 Å². The van der Waals surface area contributed by atoms with E-state index in [1.807, 2.05) is 0 Å². The molecule has 1 saturated heterocycles. The molecule has 6 nitrogen and oxygen atoms in total. The Labute approximate surface area is 140 Å². The van der Waals surface area contributed by atoms with Gasteiger partial charge in [0.1, 0.15) is 11.6 Å². The van der Waals surface area contributed by atoms with Crippen molar-refractivity contribution in [1.29, 1.82) is 5.26 Å². The van der Waals surface area contributed by atoms with Crippen molar-refractivity contribution in [3.8, 4) is 6.07 Å². The lowest BCUT2D eigenvalue weighted by atomic mass is 10.1. The summed E-state index contributed by atoms with van der Waals surface area (Å²) in [5, 5.41) is 8.88. The second-order valence-electron chi connectivity index (χ2n) is 6.07. The van der Waals surface area contributed by atoms with Crippen molar-refractivity contribution in [3.05, 3.63) is 62.4 Å². The zero-order chi connectivity index (χ0) is 16.9. The molecule has 2 heterocycles. The number of aromatic amines is 1. The molecule has 0 unspecified atom stereocenters. The van der Waals surface area contributed by atoms with Crippen LogP contribution in [0.15, 0.2) is 40.1 Å². The fraction of sp³-hybridized carbons (Fsp3) is 0.389. The van der Waals surface area contributed by atoms with Gasteiger partial charge in [-0.2, -0.15) is 5.26 Å². The highest BCUT2D eigenvalue weighted by Crippen LogP contribution is 2.20. The Morgan fingerprint density at radius 3 is 2.46 bits per heavy atom. The van der Waals surface area contributed by atoms with Crippen molar-refractivity contribution < 1.29 is 0 Å². The van der Waals surface area contributed by atoms with Crippen LogP contribution in [0.2, 0.25) is 0 Å². The highest BCUT2D eigenvalue weighted by Gasteiger charge is 2.10. The number of nitrogens with zero attached hydrogens (tertiary/aromatic N) is 3. The number of hydrogen-bond acceptors (Lipinski definition) is 4. The molecule has 0 spiro atoms. The summed E-state index contributed by atoms with van der Waals surface area (Å²) in [6.07, 6.45) is 5.80. The molecule has 0 aliphatic carbocycles. The first-order chi connectivity index (χ1) is 11.7. The van der Waals surface area contributed by atoms with Crippen molar-refractivity contribution in [2.45, 2.75) is 32.2 Å². The Kier molecular flexibility index (Phi) is 4.80. The van der Waals surface area contributed by atoms with Crippen molar-refractivity contribution in [2.24, 2.45) is 0 Å². The zero-order valence-electron chi connectivity index (χ0n) is 13.5. The lowest BCUT2D eigenvalue weighted by molar-refractivity contribution is 0.577. The van der Waals surface area contributed by atoms with Crippen LogP contribution in [0.4, 0.5) is 5.69 Å². The largest absolute Gasteiger partial charge is 0.372 e. The molecule has 1 fully saturated rings. The summed E-state index contributed by atoms with van der Waals surface area (Å²) < 4.78 is 1.37. The van der Waals surface area contributed by atoms with E-state index in [-0.39, 0.29) is 5.56 Å². The Morgan fingerprint density at radius 2 is 1.79 bits per heavy atom. The topological polar surface area (TPSA) is 81.9 Å². The first kappa shape index (κ1) is 16.1. The molecular weight excluding hydrogens is 304 g/mol. The van der Waals surface area contributed by atoms with Gasteiger partial charge in [0.2, 0.25) is 0 Å². The van der Waals surface area contributed by atoms with Gasteiger partial charge < -0.3 is 4.90 Å². The number of benzene rings is 1. The first-order valence-electron chi connectivity index (χ1n) is 8.25. The lowest BCUT2D eigenvalue weighted by Crippen LogP contribution is -2.31. The molecule has 2 aromatic rings. The number of aryl methyl sites for hydroxylation is 2. The van der Waals surface area contributed by atoms with E-state index in [1.54, 1.807) is 6.07 Å². The normalized spacial score (nSPS) is 14.4. The number of aromatic nitrogens is 2. The predicted molar refractivity (Wildman–Crippen MR) is 92.2 cm³/mol. The number of nitrogens with one attached hydrogen (secondary N) is 1. The minimum atomic E-state index is -0.635. The van der Waals surface area contributed by atoms with Crippen LogP contribution in [-0.4, -0.2) is 22.6 Å². The SMILES string of the molecule is N#Cc1cn(CCc2ccc(N3CCCCC3)cc2)c(=O)[nH]c1=O. The summed E-state index contributed by atoms with van der Waals surface area (Å²) in [7, 11) is 0. The highest BCUT2D eigenvalue weighted by molar-refractivity contribution is 5.47. The van der Waals surface area contributed by atoms with Gasteiger partial charge in [0.05, 0.1) is 0 Å². The molecule has 6 heteroatoms. The first-order valence-corrected chi connectivity index (χ1v) is 8.25. The van der Waals surface area contributed by atoms with E-state index in [0.29, 0.717) is 13.0 Å². The molecule has 124 valence electrons. The van der Waals surface area contributed by atoms with Crippen LogP contribution >= 0.6 is 0 Å². The van der Waals surface area contributed by atoms with E-state index in [1.165, 1.54) is 35.7 Å². The monoisotopic (exact) mass is 324 g/mol. The Balaban J connectivity index is 1.68. The van der Waals surface area contributed by atoms with E-state index < -0.39 is 11.2 Å². The number of piperidine rings is 1. The summed E-state index contributed by atoms with van der Waals surface area (Å²) in [6.45, 7) is 2.65. The van der Waals surface area contributed by atoms with Crippen LogP contribution in [0.1, 0.15) is 30.4 Å². The molecule has 1 aromatic carbocycles. The Morgan fingerprint density at radius 1 is 1.08 bits per heavy atom. The van der Waals surface area contributed by atoms with Crippen LogP contribution in [0.5, 0.6) is 0 Å². The summed E-state index contributed by atoms with van der Waals surface area (Å²) in [4.78, 5) is 27.7. The van der Waals surface area contributed by atoms with Crippen LogP contribution in [0.25, 0.3) is 0 Å². The van der Waals surface area contributed by atoms with Crippen molar-refractivity contribution in [1.82, 2.24) is 9.55 Å². The Bertz CT molecular complexity index is 852. The van der Waals surface area contributed by atoms with Gasteiger partial charge in [-0.25, -0.2) is 4.79 Å². The summed E-state index contributed by atoms with van der Waals surface area (Å²) >= 11 is 0. The molecule has 0 saturated carbocycles. The third kappa shape index (κ3) is 3.57. The van der Waals surface area contributed by atoms with Gasteiger partial charge >= 0.3 is 5.69 Å². The maximum absolute atomic E-state index is 11.8. The number of H-pyrrole nitrogens is 1. The third-order valence-corrected chi connectivity index (χ3v) is 4.43. The fourth-order valence-electron chi connectivity index (χ4n) is 3.03. The highest BCUT2D eigenvalue weighted by atomic mass is 16.2. The molecule has 24 heavy (non-hydrogen) atoms. The maximum atomic E-state index is 11.8. The number of hydrogen-bond donors (Lipinski definition) is 1. The molecule has 1 aliphatic rings.